The predicted octanol–water partition coefficient (Wildman–Crippen LogP) is 3.82. The number of carbonyl (C=O) groups is 3. The fraction of sp³-hybridized carbons (Fsp3) is 0.348. The molecule has 6 heteroatoms. The number of rotatable bonds is 2. The zero-order valence-corrected chi connectivity index (χ0v) is 16.8. The van der Waals surface area contributed by atoms with Crippen molar-refractivity contribution >= 4 is 17.9 Å². The third kappa shape index (κ3) is 3.50. The Morgan fingerprint density at radius 1 is 1.00 bits per heavy atom. The van der Waals surface area contributed by atoms with Crippen LogP contribution >= 0.6 is 0 Å². The van der Waals surface area contributed by atoms with Crippen LogP contribution in [0, 0.1) is 0 Å². The molecule has 6 nitrogen and oxygen atoms in total. The van der Waals surface area contributed by atoms with Crippen molar-refractivity contribution in [1.29, 1.82) is 0 Å². The fourth-order valence-electron chi connectivity index (χ4n) is 3.97. The van der Waals surface area contributed by atoms with E-state index >= 15 is 0 Å². The van der Waals surface area contributed by atoms with E-state index in [0.29, 0.717) is 24.1 Å². The molecule has 150 valence electrons. The molecule has 0 N–H and O–H groups in total. The maximum absolute atomic E-state index is 12.9. The van der Waals surface area contributed by atoms with Crippen molar-refractivity contribution in [2.75, 3.05) is 13.1 Å². The van der Waals surface area contributed by atoms with Gasteiger partial charge >= 0.3 is 6.09 Å². The van der Waals surface area contributed by atoms with Gasteiger partial charge in [0.05, 0.1) is 23.7 Å². The summed E-state index contributed by atoms with van der Waals surface area (Å²) in [5, 5.41) is 0. The average Bonchev–Trinajstić information content (AvgIpc) is 2.92. The molecule has 2 heterocycles. The third-order valence-corrected chi connectivity index (χ3v) is 5.27. The SMILES string of the molecule is CC(C)(C)OC(=O)N1CCc2ccccc2[C@@H]1CN1C(=O)c2ccccc2C1=O. The molecule has 0 bridgehead atoms. The van der Waals surface area contributed by atoms with Crippen LogP contribution in [-0.2, 0) is 11.2 Å². The molecule has 29 heavy (non-hydrogen) atoms. The van der Waals surface area contributed by atoms with E-state index in [1.165, 1.54) is 4.90 Å². The number of ether oxygens (including phenoxy) is 1. The maximum atomic E-state index is 12.9. The highest BCUT2D eigenvalue weighted by Gasteiger charge is 2.41. The lowest BCUT2D eigenvalue weighted by molar-refractivity contribution is 0.00988. The molecule has 4 rings (SSSR count). The summed E-state index contributed by atoms with van der Waals surface area (Å²) in [6.45, 7) is 6.04. The number of fused-ring (bicyclic) bond motifs is 2. The van der Waals surface area contributed by atoms with E-state index in [-0.39, 0.29) is 18.4 Å². The van der Waals surface area contributed by atoms with Crippen LogP contribution in [0.15, 0.2) is 48.5 Å². The van der Waals surface area contributed by atoms with Crippen LogP contribution < -0.4 is 0 Å². The summed E-state index contributed by atoms with van der Waals surface area (Å²) in [6, 6.07) is 14.2. The summed E-state index contributed by atoms with van der Waals surface area (Å²) >= 11 is 0. The van der Waals surface area contributed by atoms with Gasteiger partial charge in [0.25, 0.3) is 11.8 Å². The smallest absolute Gasteiger partial charge is 0.410 e. The fourth-order valence-corrected chi connectivity index (χ4v) is 3.97. The first kappa shape index (κ1) is 19.2. The second kappa shape index (κ2) is 7.03. The highest BCUT2D eigenvalue weighted by atomic mass is 16.6. The van der Waals surface area contributed by atoms with Gasteiger partial charge in [-0.25, -0.2) is 4.79 Å². The Kier molecular flexibility index (Phi) is 4.65. The van der Waals surface area contributed by atoms with Crippen LogP contribution in [0.5, 0.6) is 0 Å². The largest absolute Gasteiger partial charge is 0.444 e. The summed E-state index contributed by atoms with van der Waals surface area (Å²) < 4.78 is 5.60. The quantitative estimate of drug-likeness (QED) is 0.729. The summed E-state index contributed by atoms with van der Waals surface area (Å²) in [7, 11) is 0. The molecular formula is C23H24N2O4. The van der Waals surface area contributed by atoms with Gasteiger partial charge in [-0.3, -0.25) is 19.4 Å². The van der Waals surface area contributed by atoms with Crippen LogP contribution in [-0.4, -0.2) is 46.4 Å². The van der Waals surface area contributed by atoms with Crippen molar-refractivity contribution in [2.45, 2.75) is 38.8 Å². The molecule has 0 saturated carbocycles. The third-order valence-electron chi connectivity index (χ3n) is 5.27. The number of carbonyl (C=O) groups excluding carboxylic acids is 3. The lowest BCUT2D eigenvalue weighted by Gasteiger charge is -2.39. The number of amides is 3. The van der Waals surface area contributed by atoms with Gasteiger partial charge in [0.2, 0.25) is 0 Å². The van der Waals surface area contributed by atoms with Crippen molar-refractivity contribution in [2.24, 2.45) is 0 Å². The minimum absolute atomic E-state index is 0.0998. The predicted molar refractivity (Wildman–Crippen MR) is 108 cm³/mol. The second-order valence-electron chi connectivity index (χ2n) is 8.40. The minimum atomic E-state index is -0.631. The molecule has 0 spiro atoms. The average molecular weight is 392 g/mol. The van der Waals surface area contributed by atoms with Crippen LogP contribution in [0.3, 0.4) is 0 Å². The molecule has 2 aliphatic heterocycles. The van der Waals surface area contributed by atoms with Crippen molar-refractivity contribution in [3.8, 4) is 0 Å². The Hall–Kier alpha value is -3.15. The normalized spacial score (nSPS) is 18.5. The van der Waals surface area contributed by atoms with Crippen molar-refractivity contribution in [3.05, 3.63) is 70.8 Å². The van der Waals surface area contributed by atoms with E-state index in [0.717, 1.165) is 11.1 Å². The highest BCUT2D eigenvalue weighted by Crippen LogP contribution is 2.34. The minimum Gasteiger partial charge on any atom is -0.444 e. The molecule has 2 aliphatic rings. The lowest BCUT2D eigenvalue weighted by atomic mass is 9.92. The van der Waals surface area contributed by atoms with Gasteiger partial charge in [0, 0.05) is 6.54 Å². The number of hydrogen-bond donors (Lipinski definition) is 0. The molecule has 3 amide bonds. The first-order valence-corrected chi connectivity index (χ1v) is 9.79. The van der Waals surface area contributed by atoms with Gasteiger partial charge in [-0.15, -0.1) is 0 Å². The van der Waals surface area contributed by atoms with E-state index in [1.807, 2.05) is 45.0 Å². The van der Waals surface area contributed by atoms with Crippen molar-refractivity contribution in [3.63, 3.8) is 0 Å². The topological polar surface area (TPSA) is 66.9 Å². The highest BCUT2D eigenvalue weighted by molar-refractivity contribution is 6.21. The Bertz CT molecular complexity index is 957. The van der Waals surface area contributed by atoms with E-state index in [1.54, 1.807) is 29.2 Å². The summed E-state index contributed by atoms with van der Waals surface area (Å²) in [5.74, 6) is -0.643. The number of benzene rings is 2. The second-order valence-corrected chi connectivity index (χ2v) is 8.40. The Balaban J connectivity index is 1.68. The monoisotopic (exact) mass is 392 g/mol. The van der Waals surface area contributed by atoms with Crippen molar-refractivity contribution < 1.29 is 19.1 Å². The van der Waals surface area contributed by atoms with Crippen molar-refractivity contribution in [1.82, 2.24) is 9.80 Å². The molecular weight excluding hydrogens is 368 g/mol. The van der Waals surface area contributed by atoms with Crippen LogP contribution in [0.2, 0.25) is 0 Å². The van der Waals surface area contributed by atoms with Gasteiger partial charge < -0.3 is 4.74 Å². The first-order valence-electron chi connectivity index (χ1n) is 9.79. The molecule has 2 aromatic carbocycles. The maximum Gasteiger partial charge on any atom is 0.410 e. The van der Waals surface area contributed by atoms with E-state index < -0.39 is 17.7 Å². The Labute approximate surface area is 170 Å². The molecule has 0 aliphatic carbocycles. The van der Waals surface area contributed by atoms with Gasteiger partial charge in [-0.05, 0) is 50.5 Å². The first-order chi connectivity index (χ1) is 13.8. The molecule has 0 radical (unpaired) electrons. The summed E-state index contributed by atoms with van der Waals surface area (Å²) in [4.78, 5) is 41.5. The zero-order chi connectivity index (χ0) is 20.8. The molecule has 0 fully saturated rings. The molecule has 0 saturated heterocycles. The van der Waals surface area contributed by atoms with Gasteiger partial charge in [-0.2, -0.15) is 0 Å². The standard InChI is InChI=1S/C23H24N2O4/c1-23(2,3)29-22(28)24-13-12-15-8-4-5-9-16(15)19(24)14-25-20(26)17-10-6-7-11-18(17)21(25)27/h4-11,19H,12-14H2,1-3H3/t19-/m0/s1. The van der Waals surface area contributed by atoms with Gasteiger partial charge in [-0.1, -0.05) is 36.4 Å². The van der Waals surface area contributed by atoms with Gasteiger partial charge in [0.15, 0.2) is 0 Å². The molecule has 1 atom stereocenters. The Morgan fingerprint density at radius 3 is 2.21 bits per heavy atom. The number of hydrogen-bond acceptors (Lipinski definition) is 4. The lowest BCUT2D eigenvalue weighted by Crippen LogP contribution is -2.48. The molecule has 0 aromatic heterocycles. The number of nitrogens with zero attached hydrogens (tertiary/aromatic N) is 2. The zero-order valence-electron chi connectivity index (χ0n) is 16.8. The number of imide groups is 1. The Morgan fingerprint density at radius 2 is 1.59 bits per heavy atom. The van der Waals surface area contributed by atoms with E-state index in [2.05, 4.69) is 0 Å². The van der Waals surface area contributed by atoms with E-state index in [9.17, 15) is 14.4 Å². The van der Waals surface area contributed by atoms with Crippen LogP contribution in [0.4, 0.5) is 4.79 Å². The van der Waals surface area contributed by atoms with Gasteiger partial charge in [0.1, 0.15) is 5.60 Å². The van der Waals surface area contributed by atoms with E-state index in [4.69, 9.17) is 4.74 Å². The molecule has 2 aromatic rings. The summed E-state index contributed by atoms with van der Waals surface area (Å²) in [6.07, 6.45) is 0.266. The summed E-state index contributed by atoms with van der Waals surface area (Å²) in [5.41, 5.74) is 2.25. The van der Waals surface area contributed by atoms with Crippen LogP contribution in [0.25, 0.3) is 0 Å². The molecule has 0 unspecified atom stereocenters. The van der Waals surface area contributed by atoms with Crippen LogP contribution in [0.1, 0.15) is 58.7 Å².